The predicted molar refractivity (Wildman–Crippen MR) is 78.5 cm³/mol. The van der Waals surface area contributed by atoms with Gasteiger partial charge in [0.05, 0.1) is 0 Å². The molecule has 0 aliphatic heterocycles. The lowest BCUT2D eigenvalue weighted by Gasteiger charge is -2.11. The lowest BCUT2D eigenvalue weighted by molar-refractivity contribution is 0.106. The molecule has 110 valence electrons. The summed E-state index contributed by atoms with van der Waals surface area (Å²) >= 11 is 0. The van der Waals surface area contributed by atoms with E-state index in [0.29, 0.717) is 5.75 Å². The van der Waals surface area contributed by atoms with Crippen molar-refractivity contribution in [2.75, 3.05) is 27.4 Å². The number of rotatable bonds is 7. The van der Waals surface area contributed by atoms with E-state index in [1.165, 1.54) is 5.56 Å². The van der Waals surface area contributed by atoms with E-state index in [2.05, 4.69) is 14.4 Å². The van der Waals surface area contributed by atoms with Crippen molar-refractivity contribution in [3.05, 3.63) is 30.0 Å². The van der Waals surface area contributed by atoms with Gasteiger partial charge in [0.25, 0.3) is 0 Å². The fourth-order valence-corrected chi connectivity index (χ4v) is 2.17. The molecule has 2 rings (SSSR count). The Kier molecular flexibility index (Phi) is 5.34. The molecule has 0 spiro atoms. The quantitative estimate of drug-likeness (QED) is 0.537. The first-order valence-corrected chi connectivity index (χ1v) is 7.41. The number of H-pyrrole nitrogens is 1. The number of aromatic nitrogens is 1. The fourth-order valence-electron chi connectivity index (χ4n) is 2.02. The van der Waals surface area contributed by atoms with Crippen LogP contribution in [0.2, 0.25) is 0 Å². The number of nitrogens with zero attached hydrogens (tertiary/aromatic N) is 1. The molecular weight excluding hydrogens is 279 g/mol. The first-order valence-electron chi connectivity index (χ1n) is 6.25. The van der Waals surface area contributed by atoms with Crippen molar-refractivity contribution in [1.82, 2.24) is 9.88 Å². The molecule has 0 unspecified atom stereocenters. The first-order chi connectivity index (χ1) is 9.58. The minimum atomic E-state index is -2.39. The standard InChI is InChI=1S/C13H19N2O4P/c1-15(2)7-6-10-8-14-11-4-3-5-12(13(10)11)18-9-19-20(16)17/h3-5,8,14,16-17H,6-7,9H2,1-2H3. The van der Waals surface area contributed by atoms with Gasteiger partial charge in [-0.3, -0.25) is 4.52 Å². The highest BCUT2D eigenvalue weighted by Crippen LogP contribution is 2.30. The van der Waals surface area contributed by atoms with E-state index < -0.39 is 8.60 Å². The Balaban J connectivity index is 2.18. The van der Waals surface area contributed by atoms with Gasteiger partial charge in [0.2, 0.25) is 0 Å². The zero-order chi connectivity index (χ0) is 14.5. The maximum Gasteiger partial charge on any atom is 0.330 e. The van der Waals surface area contributed by atoms with E-state index in [1.54, 1.807) is 0 Å². The van der Waals surface area contributed by atoms with E-state index in [4.69, 9.17) is 14.5 Å². The van der Waals surface area contributed by atoms with Gasteiger partial charge in [0, 0.05) is 23.6 Å². The summed E-state index contributed by atoms with van der Waals surface area (Å²) in [6.07, 6.45) is 2.88. The van der Waals surface area contributed by atoms with Crippen LogP contribution in [0.1, 0.15) is 5.56 Å². The minimum absolute atomic E-state index is 0.184. The van der Waals surface area contributed by atoms with Crippen molar-refractivity contribution in [3.63, 3.8) is 0 Å². The number of ether oxygens (including phenoxy) is 1. The number of benzene rings is 1. The Morgan fingerprint density at radius 1 is 1.30 bits per heavy atom. The zero-order valence-corrected chi connectivity index (χ0v) is 12.4. The molecule has 0 atom stereocenters. The largest absolute Gasteiger partial charge is 0.466 e. The van der Waals surface area contributed by atoms with Gasteiger partial charge >= 0.3 is 8.60 Å². The van der Waals surface area contributed by atoms with Crippen LogP contribution >= 0.6 is 8.60 Å². The highest BCUT2D eigenvalue weighted by atomic mass is 31.2. The third-order valence-corrected chi connectivity index (χ3v) is 3.30. The van der Waals surface area contributed by atoms with Crippen LogP contribution in [-0.4, -0.2) is 47.1 Å². The van der Waals surface area contributed by atoms with E-state index in [1.807, 2.05) is 38.5 Å². The van der Waals surface area contributed by atoms with Gasteiger partial charge in [-0.15, -0.1) is 0 Å². The van der Waals surface area contributed by atoms with Crippen LogP contribution in [0.25, 0.3) is 10.9 Å². The van der Waals surface area contributed by atoms with Crippen molar-refractivity contribution in [2.24, 2.45) is 0 Å². The number of hydrogen-bond donors (Lipinski definition) is 3. The molecule has 0 saturated carbocycles. The maximum atomic E-state index is 8.71. The van der Waals surface area contributed by atoms with Gasteiger partial charge in [-0.05, 0) is 38.2 Å². The average Bonchev–Trinajstić information content (AvgIpc) is 2.80. The lowest BCUT2D eigenvalue weighted by Crippen LogP contribution is -2.14. The number of nitrogens with one attached hydrogen (secondary N) is 1. The summed E-state index contributed by atoms with van der Waals surface area (Å²) in [6.45, 7) is 0.756. The normalized spacial score (nSPS) is 11.7. The highest BCUT2D eigenvalue weighted by molar-refractivity contribution is 7.39. The van der Waals surface area contributed by atoms with Gasteiger partial charge in [-0.2, -0.15) is 0 Å². The van der Waals surface area contributed by atoms with Crippen molar-refractivity contribution in [1.29, 1.82) is 0 Å². The minimum Gasteiger partial charge on any atom is -0.466 e. The molecule has 1 aromatic heterocycles. The molecule has 6 nitrogen and oxygen atoms in total. The Bertz CT molecular complexity index is 556. The molecule has 0 radical (unpaired) electrons. The van der Waals surface area contributed by atoms with Crippen LogP contribution in [0, 0.1) is 0 Å². The predicted octanol–water partition coefficient (Wildman–Crippen LogP) is 1.84. The molecule has 2 aromatic rings. The van der Waals surface area contributed by atoms with E-state index in [-0.39, 0.29) is 6.79 Å². The second-order valence-corrected chi connectivity index (χ2v) is 5.45. The molecule has 0 aliphatic rings. The lowest BCUT2D eigenvalue weighted by atomic mass is 10.1. The molecular formula is C13H19N2O4P. The van der Waals surface area contributed by atoms with Gasteiger partial charge in [-0.1, -0.05) is 6.07 Å². The summed E-state index contributed by atoms with van der Waals surface area (Å²) in [4.78, 5) is 22.8. The monoisotopic (exact) mass is 298 g/mol. The molecule has 0 bridgehead atoms. The topological polar surface area (TPSA) is 78.0 Å². The average molecular weight is 298 g/mol. The van der Waals surface area contributed by atoms with Crippen LogP contribution in [-0.2, 0) is 10.9 Å². The number of hydrogen-bond acceptors (Lipinski definition) is 5. The summed E-state index contributed by atoms with van der Waals surface area (Å²) in [5, 5.41) is 1.01. The summed E-state index contributed by atoms with van der Waals surface area (Å²) in [5.74, 6) is 0.675. The summed E-state index contributed by atoms with van der Waals surface area (Å²) < 4.78 is 10.1. The van der Waals surface area contributed by atoms with E-state index in [0.717, 1.165) is 23.9 Å². The molecule has 1 aromatic carbocycles. The van der Waals surface area contributed by atoms with Crippen LogP contribution in [0.5, 0.6) is 5.75 Å². The van der Waals surface area contributed by atoms with Crippen LogP contribution in [0.3, 0.4) is 0 Å². The van der Waals surface area contributed by atoms with E-state index >= 15 is 0 Å². The summed E-state index contributed by atoms with van der Waals surface area (Å²) in [5.41, 5.74) is 2.16. The van der Waals surface area contributed by atoms with Gasteiger partial charge in [0.15, 0.2) is 6.79 Å². The molecule has 0 amide bonds. The van der Waals surface area contributed by atoms with E-state index in [9.17, 15) is 0 Å². The number of likely N-dealkylation sites (N-methyl/N-ethyl adjacent to an activating group) is 1. The number of aromatic amines is 1. The smallest absolute Gasteiger partial charge is 0.330 e. The summed E-state index contributed by atoms with van der Waals surface area (Å²) in [6, 6.07) is 5.70. The molecule has 0 fully saturated rings. The first kappa shape index (κ1) is 15.2. The fraction of sp³-hybridized carbons (Fsp3) is 0.385. The SMILES string of the molecule is CN(C)CCc1c[nH]c2cccc(OCOP(O)O)c12. The van der Waals surface area contributed by atoms with Crippen molar-refractivity contribution >= 4 is 19.5 Å². The molecule has 7 heteroatoms. The Morgan fingerprint density at radius 3 is 2.80 bits per heavy atom. The Morgan fingerprint density at radius 2 is 2.10 bits per heavy atom. The van der Waals surface area contributed by atoms with Crippen molar-refractivity contribution in [2.45, 2.75) is 6.42 Å². The molecule has 20 heavy (non-hydrogen) atoms. The number of fused-ring (bicyclic) bond motifs is 1. The maximum absolute atomic E-state index is 8.71. The molecule has 1 heterocycles. The Labute approximate surface area is 118 Å². The third kappa shape index (κ3) is 3.91. The van der Waals surface area contributed by atoms with Crippen LogP contribution in [0.15, 0.2) is 24.4 Å². The van der Waals surface area contributed by atoms with Crippen molar-refractivity contribution < 1.29 is 19.0 Å². The van der Waals surface area contributed by atoms with Crippen LogP contribution in [0.4, 0.5) is 0 Å². The Hall–Kier alpha value is -1.17. The second-order valence-electron chi connectivity index (χ2n) is 4.69. The zero-order valence-electron chi connectivity index (χ0n) is 11.5. The van der Waals surface area contributed by atoms with Crippen LogP contribution < -0.4 is 4.74 Å². The van der Waals surface area contributed by atoms with Crippen molar-refractivity contribution in [3.8, 4) is 5.75 Å². The highest BCUT2D eigenvalue weighted by Gasteiger charge is 2.10. The molecule has 3 N–H and O–H groups in total. The van der Waals surface area contributed by atoms with Gasteiger partial charge in [0.1, 0.15) is 5.75 Å². The summed E-state index contributed by atoms with van der Waals surface area (Å²) in [7, 11) is 1.67. The molecule has 0 aliphatic carbocycles. The van der Waals surface area contributed by atoms with Gasteiger partial charge in [-0.25, -0.2) is 0 Å². The third-order valence-electron chi connectivity index (χ3n) is 2.96. The second kappa shape index (κ2) is 7.02. The van der Waals surface area contributed by atoms with Gasteiger partial charge < -0.3 is 24.4 Å². The molecule has 0 saturated heterocycles.